The fraction of sp³-hybridized carbons (Fsp3) is 0.571. The van der Waals surface area contributed by atoms with Crippen LogP contribution in [0.1, 0.15) is 24.1 Å². The Morgan fingerprint density at radius 3 is 2.74 bits per heavy atom. The number of thiocarbonyl (C=S) groups is 1. The van der Waals surface area contributed by atoms with E-state index in [2.05, 4.69) is 21.8 Å². The second-order valence-electron chi connectivity index (χ2n) is 5.19. The molecule has 19 heavy (non-hydrogen) atoms. The van der Waals surface area contributed by atoms with Crippen molar-refractivity contribution in [2.75, 3.05) is 38.1 Å². The predicted octanol–water partition coefficient (Wildman–Crippen LogP) is 1.56. The summed E-state index contributed by atoms with van der Waals surface area (Å²) in [5.74, 6) is 0.946. The normalized spacial score (nSPS) is 15.7. The van der Waals surface area contributed by atoms with Gasteiger partial charge in [-0.25, -0.2) is 4.98 Å². The smallest absolute Gasteiger partial charge is 0.129 e. The van der Waals surface area contributed by atoms with Crippen molar-refractivity contribution < 1.29 is 0 Å². The van der Waals surface area contributed by atoms with Crippen LogP contribution in [0.2, 0.25) is 0 Å². The fourth-order valence-corrected chi connectivity index (χ4v) is 2.52. The topological polar surface area (TPSA) is 45.4 Å². The number of aromatic nitrogens is 1. The van der Waals surface area contributed by atoms with Crippen molar-refractivity contribution in [2.24, 2.45) is 5.73 Å². The number of pyridine rings is 1. The number of nitrogens with zero attached hydrogens (tertiary/aromatic N) is 3. The lowest BCUT2D eigenvalue weighted by Gasteiger charge is -2.23. The molecule has 1 aromatic heterocycles. The van der Waals surface area contributed by atoms with Crippen molar-refractivity contribution in [1.82, 2.24) is 9.88 Å². The maximum absolute atomic E-state index is 5.70. The molecule has 104 valence electrons. The highest BCUT2D eigenvalue weighted by molar-refractivity contribution is 7.80. The Balaban J connectivity index is 2.01. The van der Waals surface area contributed by atoms with Crippen molar-refractivity contribution in [3.63, 3.8) is 0 Å². The highest BCUT2D eigenvalue weighted by Gasteiger charge is 2.13. The molecule has 0 atom stereocenters. The number of hydrogen-bond acceptors (Lipinski definition) is 4. The molecule has 0 spiro atoms. The molecule has 0 radical (unpaired) electrons. The minimum absolute atomic E-state index is 0.430. The maximum Gasteiger partial charge on any atom is 0.129 e. The number of anilines is 1. The lowest BCUT2D eigenvalue weighted by molar-refractivity contribution is 0.346. The molecular weight excluding hydrogens is 256 g/mol. The molecule has 1 aromatic rings. The van der Waals surface area contributed by atoms with Crippen LogP contribution in [0.25, 0.3) is 0 Å². The van der Waals surface area contributed by atoms with Crippen LogP contribution in [-0.4, -0.2) is 48.1 Å². The largest absolute Gasteiger partial charge is 0.389 e. The van der Waals surface area contributed by atoms with Gasteiger partial charge in [-0.05, 0) is 45.0 Å². The first kappa shape index (κ1) is 14.2. The van der Waals surface area contributed by atoms with Gasteiger partial charge < -0.3 is 15.5 Å². The Morgan fingerprint density at radius 2 is 2.11 bits per heavy atom. The molecule has 1 fully saturated rings. The Labute approximate surface area is 120 Å². The third-order valence-electron chi connectivity index (χ3n) is 3.57. The zero-order valence-electron chi connectivity index (χ0n) is 11.7. The lowest BCUT2D eigenvalue weighted by atomic mass is 10.2. The van der Waals surface area contributed by atoms with Gasteiger partial charge in [-0.3, -0.25) is 0 Å². The summed E-state index contributed by atoms with van der Waals surface area (Å²) in [6.45, 7) is 6.50. The highest BCUT2D eigenvalue weighted by Crippen LogP contribution is 2.14. The summed E-state index contributed by atoms with van der Waals surface area (Å²) in [5.41, 5.74) is 7.55. The van der Waals surface area contributed by atoms with E-state index in [9.17, 15) is 0 Å². The van der Waals surface area contributed by atoms with E-state index in [4.69, 9.17) is 18.0 Å². The number of rotatable bonds is 5. The van der Waals surface area contributed by atoms with Crippen LogP contribution in [0.3, 0.4) is 0 Å². The zero-order valence-corrected chi connectivity index (χ0v) is 12.5. The molecule has 0 aliphatic carbocycles. The van der Waals surface area contributed by atoms with Crippen LogP contribution in [-0.2, 0) is 0 Å². The summed E-state index contributed by atoms with van der Waals surface area (Å²) in [6, 6.07) is 3.90. The predicted molar refractivity (Wildman–Crippen MR) is 83.8 cm³/mol. The van der Waals surface area contributed by atoms with E-state index in [1.165, 1.54) is 25.9 Å². The molecule has 4 nitrogen and oxygen atoms in total. The molecule has 0 saturated carbocycles. The monoisotopic (exact) mass is 278 g/mol. The molecule has 0 aromatic carbocycles. The van der Waals surface area contributed by atoms with Crippen molar-refractivity contribution in [3.8, 4) is 0 Å². The van der Waals surface area contributed by atoms with E-state index in [1.807, 2.05) is 19.1 Å². The van der Waals surface area contributed by atoms with Crippen molar-refractivity contribution in [3.05, 3.63) is 23.4 Å². The SMILES string of the molecule is Cc1cc(C(N)=S)cc(N(C)CCN2CCCC2)n1. The van der Waals surface area contributed by atoms with Gasteiger partial charge in [0.25, 0.3) is 0 Å². The third kappa shape index (κ3) is 3.88. The first-order valence-electron chi connectivity index (χ1n) is 6.78. The zero-order chi connectivity index (χ0) is 13.8. The van der Waals surface area contributed by atoms with Crippen LogP contribution in [0.15, 0.2) is 12.1 Å². The first-order valence-corrected chi connectivity index (χ1v) is 7.19. The fourth-order valence-electron chi connectivity index (χ4n) is 2.40. The summed E-state index contributed by atoms with van der Waals surface area (Å²) >= 11 is 5.04. The van der Waals surface area contributed by atoms with Crippen molar-refractivity contribution in [1.29, 1.82) is 0 Å². The van der Waals surface area contributed by atoms with E-state index in [1.54, 1.807) is 0 Å². The first-order chi connectivity index (χ1) is 9.06. The van der Waals surface area contributed by atoms with E-state index in [0.29, 0.717) is 4.99 Å². The van der Waals surface area contributed by atoms with E-state index < -0.39 is 0 Å². The molecular formula is C14H22N4S. The Kier molecular flexibility index (Phi) is 4.71. The second kappa shape index (κ2) is 6.30. The number of likely N-dealkylation sites (tertiary alicyclic amines) is 1. The highest BCUT2D eigenvalue weighted by atomic mass is 32.1. The number of hydrogen-bond donors (Lipinski definition) is 1. The average Bonchev–Trinajstić information content (AvgIpc) is 2.88. The van der Waals surface area contributed by atoms with Gasteiger partial charge in [-0.1, -0.05) is 12.2 Å². The van der Waals surface area contributed by atoms with Crippen LogP contribution in [0, 0.1) is 6.92 Å². The third-order valence-corrected chi connectivity index (χ3v) is 3.80. The van der Waals surface area contributed by atoms with Gasteiger partial charge in [-0.2, -0.15) is 0 Å². The summed E-state index contributed by atoms with van der Waals surface area (Å²) in [7, 11) is 2.07. The van der Waals surface area contributed by atoms with E-state index in [-0.39, 0.29) is 0 Å². The van der Waals surface area contributed by atoms with Crippen LogP contribution in [0.5, 0.6) is 0 Å². The molecule has 1 saturated heterocycles. The number of nitrogens with two attached hydrogens (primary N) is 1. The minimum atomic E-state index is 0.430. The van der Waals surface area contributed by atoms with Crippen molar-refractivity contribution >= 4 is 23.0 Å². The van der Waals surface area contributed by atoms with E-state index in [0.717, 1.165) is 30.2 Å². The van der Waals surface area contributed by atoms with Gasteiger partial charge >= 0.3 is 0 Å². The van der Waals surface area contributed by atoms with Gasteiger partial charge in [0.2, 0.25) is 0 Å². The molecule has 2 rings (SSSR count). The average molecular weight is 278 g/mol. The van der Waals surface area contributed by atoms with Crippen LogP contribution < -0.4 is 10.6 Å². The minimum Gasteiger partial charge on any atom is -0.389 e. The molecule has 2 heterocycles. The van der Waals surface area contributed by atoms with Gasteiger partial charge in [0.15, 0.2) is 0 Å². The standard InChI is InChI=1S/C14H22N4S/c1-11-9-12(14(15)19)10-13(16-11)17(2)7-8-18-5-3-4-6-18/h9-10H,3-8H2,1-2H3,(H2,15,19). The van der Waals surface area contributed by atoms with Gasteiger partial charge in [0.05, 0.1) is 0 Å². The summed E-state index contributed by atoms with van der Waals surface area (Å²) in [4.78, 5) is 9.66. The quantitative estimate of drug-likeness (QED) is 0.828. The number of likely N-dealkylation sites (N-methyl/N-ethyl adjacent to an activating group) is 1. The summed E-state index contributed by atoms with van der Waals surface area (Å²) < 4.78 is 0. The van der Waals surface area contributed by atoms with Crippen LogP contribution in [0.4, 0.5) is 5.82 Å². The lowest BCUT2D eigenvalue weighted by Crippen LogP contribution is -2.32. The maximum atomic E-state index is 5.70. The molecule has 2 N–H and O–H groups in total. The molecule has 0 unspecified atom stereocenters. The Hall–Kier alpha value is -1.20. The summed E-state index contributed by atoms with van der Waals surface area (Å²) in [6.07, 6.45) is 2.66. The molecule has 5 heteroatoms. The van der Waals surface area contributed by atoms with E-state index >= 15 is 0 Å². The molecule has 0 bridgehead atoms. The summed E-state index contributed by atoms with van der Waals surface area (Å²) in [5, 5.41) is 0. The number of aryl methyl sites for hydroxylation is 1. The van der Waals surface area contributed by atoms with Crippen LogP contribution >= 0.6 is 12.2 Å². The molecule has 0 amide bonds. The Bertz CT molecular complexity index is 455. The van der Waals surface area contributed by atoms with Gasteiger partial charge in [0, 0.05) is 31.4 Å². The van der Waals surface area contributed by atoms with Crippen molar-refractivity contribution in [2.45, 2.75) is 19.8 Å². The molecule has 1 aliphatic rings. The Morgan fingerprint density at radius 1 is 1.42 bits per heavy atom. The van der Waals surface area contributed by atoms with Gasteiger partial charge in [-0.15, -0.1) is 0 Å². The molecule has 1 aliphatic heterocycles. The van der Waals surface area contributed by atoms with Gasteiger partial charge in [0.1, 0.15) is 10.8 Å². The second-order valence-corrected chi connectivity index (χ2v) is 5.63.